The molecule has 0 bridgehead atoms. The van der Waals surface area contributed by atoms with E-state index in [1.165, 1.54) is 12.1 Å². The van der Waals surface area contributed by atoms with Crippen LogP contribution in [0.25, 0.3) is 22.4 Å². The summed E-state index contributed by atoms with van der Waals surface area (Å²) in [5, 5.41) is 9.73. The first-order valence-corrected chi connectivity index (χ1v) is 13.6. The highest BCUT2D eigenvalue weighted by Gasteiger charge is 2.23. The van der Waals surface area contributed by atoms with E-state index in [1.54, 1.807) is 60.2 Å². The van der Waals surface area contributed by atoms with E-state index in [4.69, 9.17) is 21.1 Å². The Hall–Kier alpha value is -4.61. The van der Waals surface area contributed by atoms with Crippen LogP contribution in [0.2, 0.25) is 5.02 Å². The molecule has 42 heavy (non-hydrogen) atoms. The molecule has 0 radical (unpaired) electrons. The fourth-order valence-electron chi connectivity index (χ4n) is 4.79. The van der Waals surface area contributed by atoms with Crippen LogP contribution in [0, 0.1) is 12.7 Å². The summed E-state index contributed by atoms with van der Waals surface area (Å²) in [4.78, 5) is 38.5. The lowest BCUT2D eigenvalue weighted by atomic mass is 10.1. The topological polar surface area (TPSA) is 121 Å². The molecule has 0 aliphatic carbocycles. The zero-order chi connectivity index (χ0) is 29.4. The van der Waals surface area contributed by atoms with Gasteiger partial charge in [-0.25, -0.2) is 24.1 Å². The average molecular weight is 590 g/mol. The van der Waals surface area contributed by atoms with Gasteiger partial charge in [0.2, 0.25) is 5.88 Å². The first-order valence-electron chi connectivity index (χ1n) is 13.2. The molecule has 1 atom stereocenters. The molecule has 0 spiro atoms. The Kier molecular flexibility index (Phi) is 7.44. The van der Waals surface area contributed by atoms with Crippen molar-refractivity contribution in [1.82, 2.24) is 24.1 Å². The largest absolute Gasteiger partial charge is 0.477 e. The quantitative estimate of drug-likeness (QED) is 0.258. The number of fused-ring (bicyclic) bond motifs is 1. The Labute approximate surface area is 244 Å². The van der Waals surface area contributed by atoms with E-state index in [9.17, 15) is 19.1 Å². The monoisotopic (exact) mass is 589 g/mol. The summed E-state index contributed by atoms with van der Waals surface area (Å²) < 4.78 is 28.8. The number of nitrogens with zero attached hydrogens (tertiary/aromatic N) is 5. The molecule has 4 aromatic heterocycles. The van der Waals surface area contributed by atoms with Gasteiger partial charge < -0.3 is 23.7 Å². The number of ether oxygens (including phenoxy) is 2. The maximum Gasteiger partial charge on any atom is 0.354 e. The van der Waals surface area contributed by atoms with Crippen LogP contribution in [-0.2, 0) is 24.4 Å². The molecular formula is C30H25ClFN5O5. The molecule has 0 saturated carbocycles. The molecule has 0 amide bonds. The molecule has 1 N–H and O–H groups in total. The summed E-state index contributed by atoms with van der Waals surface area (Å²) in [7, 11) is 0. The maximum atomic E-state index is 14.1. The van der Waals surface area contributed by atoms with Crippen LogP contribution in [0.1, 0.15) is 33.9 Å². The molecule has 1 aliphatic heterocycles. The number of benzene rings is 1. The minimum absolute atomic E-state index is 0.0320. The molecule has 10 nitrogen and oxygen atoms in total. The van der Waals surface area contributed by atoms with Crippen molar-refractivity contribution in [2.75, 3.05) is 6.61 Å². The Balaban J connectivity index is 1.27. The minimum atomic E-state index is -1.13. The third kappa shape index (κ3) is 5.48. The minimum Gasteiger partial charge on any atom is -0.477 e. The van der Waals surface area contributed by atoms with Gasteiger partial charge in [-0.05, 0) is 49.7 Å². The van der Waals surface area contributed by atoms with Crippen LogP contribution >= 0.6 is 11.6 Å². The number of carbonyl (C=O) groups is 1. The molecule has 1 fully saturated rings. The van der Waals surface area contributed by atoms with Gasteiger partial charge in [0.25, 0.3) is 5.56 Å². The second kappa shape index (κ2) is 11.3. The highest BCUT2D eigenvalue weighted by molar-refractivity contribution is 6.30. The van der Waals surface area contributed by atoms with E-state index >= 15 is 0 Å². The molecule has 1 aliphatic rings. The summed E-state index contributed by atoms with van der Waals surface area (Å²) >= 11 is 5.82. The van der Waals surface area contributed by atoms with Crippen molar-refractivity contribution in [1.29, 1.82) is 0 Å². The number of aromatic carboxylic acids is 1. The van der Waals surface area contributed by atoms with Crippen molar-refractivity contribution < 1.29 is 23.8 Å². The van der Waals surface area contributed by atoms with Gasteiger partial charge in [-0.15, -0.1) is 0 Å². The normalized spacial score (nSPS) is 14.6. The molecule has 214 valence electrons. The van der Waals surface area contributed by atoms with Crippen LogP contribution < -0.4 is 10.3 Å². The summed E-state index contributed by atoms with van der Waals surface area (Å²) in [6.07, 6.45) is 2.51. The molecular weight excluding hydrogens is 565 g/mol. The number of rotatable bonds is 9. The molecule has 12 heteroatoms. The van der Waals surface area contributed by atoms with Crippen LogP contribution in [0.4, 0.5) is 4.39 Å². The van der Waals surface area contributed by atoms with Crippen LogP contribution in [0.3, 0.4) is 0 Å². The Morgan fingerprint density at radius 1 is 1.17 bits per heavy atom. The molecule has 6 rings (SSSR count). The van der Waals surface area contributed by atoms with Crippen molar-refractivity contribution in [3.8, 4) is 17.1 Å². The van der Waals surface area contributed by atoms with E-state index in [1.807, 2.05) is 4.57 Å². The standard InChI is InChI=1S/C30H25ClFN5O5/c1-17-21(23-3-2-4-27(34-23)42-16-18-5-6-19(31)13-22(18)32)9-11-36(29(17)38)15-26-33-24-7-8-25(30(39)40)35-28(24)37(26)14-20-10-12-41-20/h2-9,11,13,20H,10,12,14-16H2,1H3,(H,39,40)/t20-/m0/s1. The highest BCUT2D eigenvalue weighted by Crippen LogP contribution is 2.24. The number of aromatic nitrogens is 5. The first kappa shape index (κ1) is 27.6. The summed E-state index contributed by atoms with van der Waals surface area (Å²) in [5.41, 5.74) is 2.63. The van der Waals surface area contributed by atoms with Gasteiger partial charge in [0.1, 0.15) is 23.8 Å². The number of halogens is 2. The molecule has 0 unspecified atom stereocenters. The number of pyridine rings is 3. The van der Waals surface area contributed by atoms with Gasteiger partial charge in [-0.2, -0.15) is 0 Å². The highest BCUT2D eigenvalue weighted by atomic mass is 35.5. The lowest BCUT2D eigenvalue weighted by Crippen LogP contribution is -2.32. The van der Waals surface area contributed by atoms with Gasteiger partial charge in [0, 0.05) is 40.6 Å². The Morgan fingerprint density at radius 2 is 2.00 bits per heavy atom. The van der Waals surface area contributed by atoms with Crippen molar-refractivity contribution in [3.05, 3.63) is 105 Å². The van der Waals surface area contributed by atoms with Crippen molar-refractivity contribution in [2.45, 2.75) is 39.1 Å². The third-order valence-electron chi connectivity index (χ3n) is 7.18. The van der Waals surface area contributed by atoms with Crippen molar-refractivity contribution >= 4 is 28.7 Å². The smallest absolute Gasteiger partial charge is 0.354 e. The third-order valence-corrected chi connectivity index (χ3v) is 7.41. The van der Waals surface area contributed by atoms with Crippen LogP contribution in [0.5, 0.6) is 5.88 Å². The van der Waals surface area contributed by atoms with E-state index in [2.05, 4.69) is 15.0 Å². The summed E-state index contributed by atoms with van der Waals surface area (Å²) in [5.74, 6) is -0.753. The van der Waals surface area contributed by atoms with Gasteiger partial charge in [-0.1, -0.05) is 23.7 Å². The molecule has 5 aromatic rings. The summed E-state index contributed by atoms with van der Waals surface area (Å²) in [6.45, 7) is 2.95. The predicted octanol–water partition coefficient (Wildman–Crippen LogP) is 4.87. The molecule has 1 saturated heterocycles. The number of imidazole rings is 1. The zero-order valence-corrected chi connectivity index (χ0v) is 23.2. The van der Waals surface area contributed by atoms with Crippen molar-refractivity contribution in [3.63, 3.8) is 0 Å². The number of carboxylic acids is 1. The van der Waals surface area contributed by atoms with E-state index < -0.39 is 11.8 Å². The van der Waals surface area contributed by atoms with Gasteiger partial charge in [0.15, 0.2) is 11.3 Å². The Morgan fingerprint density at radius 3 is 2.74 bits per heavy atom. The number of hydrogen-bond donors (Lipinski definition) is 1. The summed E-state index contributed by atoms with van der Waals surface area (Å²) in [6, 6.07) is 14.4. The second-order valence-corrected chi connectivity index (χ2v) is 10.4. The fourth-order valence-corrected chi connectivity index (χ4v) is 4.95. The second-order valence-electron chi connectivity index (χ2n) is 9.94. The van der Waals surface area contributed by atoms with Gasteiger partial charge in [-0.3, -0.25) is 4.79 Å². The van der Waals surface area contributed by atoms with E-state index in [0.29, 0.717) is 57.5 Å². The SMILES string of the molecule is Cc1c(-c2cccc(OCc3ccc(Cl)cc3F)n2)ccn(Cc2nc3ccc(C(=O)O)nc3n2C[C@@H]2CCO2)c1=O. The van der Waals surface area contributed by atoms with Crippen LogP contribution in [0.15, 0.2) is 65.6 Å². The Bertz CT molecular complexity index is 1880. The maximum absolute atomic E-state index is 14.1. The van der Waals surface area contributed by atoms with Crippen molar-refractivity contribution in [2.24, 2.45) is 0 Å². The van der Waals surface area contributed by atoms with Crippen LogP contribution in [-0.4, -0.2) is 47.9 Å². The fraction of sp³-hybridized carbons (Fsp3) is 0.233. The first-order chi connectivity index (χ1) is 20.3. The molecule has 5 heterocycles. The average Bonchev–Trinajstić information content (AvgIpc) is 3.29. The lowest BCUT2D eigenvalue weighted by Gasteiger charge is -2.27. The lowest BCUT2D eigenvalue weighted by molar-refractivity contribution is -0.0591. The van der Waals surface area contributed by atoms with Gasteiger partial charge in [0.05, 0.1) is 24.9 Å². The number of carboxylic acid groups (broad SMARTS) is 1. The number of hydrogen-bond acceptors (Lipinski definition) is 7. The predicted molar refractivity (Wildman–Crippen MR) is 152 cm³/mol. The van der Waals surface area contributed by atoms with E-state index in [-0.39, 0.29) is 36.4 Å². The van der Waals surface area contributed by atoms with Gasteiger partial charge >= 0.3 is 5.97 Å². The molecule has 1 aromatic carbocycles. The zero-order valence-electron chi connectivity index (χ0n) is 22.5. The van der Waals surface area contributed by atoms with E-state index in [0.717, 1.165) is 6.42 Å².